The molecular weight excluding hydrogens is 286 g/mol. The van der Waals surface area contributed by atoms with E-state index in [9.17, 15) is 5.11 Å². The summed E-state index contributed by atoms with van der Waals surface area (Å²) in [4.78, 5) is 6.79. The molecule has 0 radical (unpaired) electrons. The molecule has 0 amide bonds. The van der Waals surface area contributed by atoms with Gasteiger partial charge in [-0.1, -0.05) is 18.2 Å². The van der Waals surface area contributed by atoms with Gasteiger partial charge in [-0.3, -0.25) is 4.90 Å². The van der Waals surface area contributed by atoms with Crippen molar-refractivity contribution >= 4 is 0 Å². The molecule has 0 spiro atoms. The molecule has 2 aromatic rings. The standard InChI is InChI=1S/C19H27N3O/c1-14-6-4-7-16(15(14)2)12-22-10-5-8-17(13-22)18(23)19-20-9-11-21(19)3/h4,6-7,9,11,17-18,23H,5,8,10,12-13H2,1-3H3. The lowest BCUT2D eigenvalue weighted by Crippen LogP contribution is -2.38. The zero-order chi connectivity index (χ0) is 16.4. The first kappa shape index (κ1) is 16.2. The van der Waals surface area contributed by atoms with Crippen LogP contribution in [0.15, 0.2) is 30.6 Å². The number of aryl methyl sites for hydroxylation is 2. The summed E-state index contributed by atoms with van der Waals surface area (Å²) in [5, 5.41) is 10.7. The number of nitrogens with zero attached hydrogens (tertiary/aromatic N) is 3. The normalized spacial score (nSPS) is 20.6. The zero-order valence-corrected chi connectivity index (χ0v) is 14.4. The molecule has 0 bridgehead atoms. The highest BCUT2D eigenvalue weighted by Crippen LogP contribution is 2.29. The highest BCUT2D eigenvalue weighted by molar-refractivity contribution is 5.33. The summed E-state index contributed by atoms with van der Waals surface area (Å²) in [5.74, 6) is 1.04. The van der Waals surface area contributed by atoms with Crippen LogP contribution >= 0.6 is 0 Å². The van der Waals surface area contributed by atoms with Crippen molar-refractivity contribution in [2.24, 2.45) is 13.0 Å². The SMILES string of the molecule is Cc1cccc(CN2CCCC(C(O)c3nccn3C)C2)c1C. The number of imidazole rings is 1. The lowest BCUT2D eigenvalue weighted by molar-refractivity contribution is 0.0404. The van der Waals surface area contributed by atoms with Gasteiger partial charge in [0.15, 0.2) is 0 Å². The van der Waals surface area contributed by atoms with Crippen molar-refractivity contribution in [3.8, 4) is 0 Å². The summed E-state index contributed by atoms with van der Waals surface area (Å²) in [6, 6.07) is 6.53. The molecule has 2 unspecified atom stereocenters. The molecule has 3 rings (SSSR count). The van der Waals surface area contributed by atoms with Crippen molar-refractivity contribution in [2.45, 2.75) is 39.3 Å². The molecule has 1 aliphatic heterocycles. The van der Waals surface area contributed by atoms with E-state index < -0.39 is 6.10 Å². The monoisotopic (exact) mass is 313 g/mol. The first-order chi connectivity index (χ1) is 11.1. The van der Waals surface area contributed by atoms with Gasteiger partial charge in [-0.25, -0.2) is 4.98 Å². The Labute approximate surface area is 138 Å². The molecule has 1 fully saturated rings. The number of benzene rings is 1. The van der Waals surface area contributed by atoms with Crippen LogP contribution in [-0.2, 0) is 13.6 Å². The number of aromatic nitrogens is 2. The van der Waals surface area contributed by atoms with Crippen LogP contribution in [-0.4, -0.2) is 32.6 Å². The Balaban J connectivity index is 1.69. The average molecular weight is 313 g/mol. The fraction of sp³-hybridized carbons (Fsp3) is 0.526. The van der Waals surface area contributed by atoms with E-state index in [4.69, 9.17) is 0 Å². The molecule has 1 N–H and O–H groups in total. The van der Waals surface area contributed by atoms with Gasteiger partial charge in [-0.05, 0) is 49.9 Å². The van der Waals surface area contributed by atoms with E-state index in [1.165, 1.54) is 16.7 Å². The Kier molecular flexibility index (Phi) is 4.83. The largest absolute Gasteiger partial charge is 0.385 e. The van der Waals surface area contributed by atoms with Gasteiger partial charge in [0.05, 0.1) is 0 Å². The summed E-state index contributed by atoms with van der Waals surface area (Å²) < 4.78 is 1.92. The summed E-state index contributed by atoms with van der Waals surface area (Å²) in [5.41, 5.74) is 4.14. The maximum absolute atomic E-state index is 10.7. The third-order valence-corrected chi connectivity index (χ3v) is 5.22. The van der Waals surface area contributed by atoms with Crippen molar-refractivity contribution in [3.05, 3.63) is 53.1 Å². The smallest absolute Gasteiger partial charge is 0.137 e. The van der Waals surface area contributed by atoms with Crippen molar-refractivity contribution in [3.63, 3.8) is 0 Å². The van der Waals surface area contributed by atoms with Gasteiger partial charge >= 0.3 is 0 Å². The molecule has 4 heteroatoms. The molecule has 1 aromatic carbocycles. The fourth-order valence-electron chi connectivity index (χ4n) is 3.59. The molecule has 2 heterocycles. The summed E-state index contributed by atoms with van der Waals surface area (Å²) in [6.07, 6.45) is 5.38. The maximum Gasteiger partial charge on any atom is 0.137 e. The Morgan fingerprint density at radius 3 is 2.91 bits per heavy atom. The second-order valence-corrected chi connectivity index (χ2v) is 6.84. The highest BCUT2D eigenvalue weighted by Gasteiger charge is 2.29. The Morgan fingerprint density at radius 2 is 2.17 bits per heavy atom. The van der Waals surface area contributed by atoms with Gasteiger partial charge in [0, 0.05) is 38.4 Å². The number of rotatable bonds is 4. The lowest BCUT2D eigenvalue weighted by atomic mass is 9.91. The van der Waals surface area contributed by atoms with Crippen LogP contribution in [0, 0.1) is 19.8 Å². The van der Waals surface area contributed by atoms with Crippen LogP contribution in [0.25, 0.3) is 0 Å². The molecule has 2 atom stereocenters. The quantitative estimate of drug-likeness (QED) is 0.943. The topological polar surface area (TPSA) is 41.3 Å². The van der Waals surface area contributed by atoms with Crippen molar-refractivity contribution in [1.29, 1.82) is 0 Å². The predicted molar refractivity (Wildman–Crippen MR) is 92.1 cm³/mol. The minimum Gasteiger partial charge on any atom is -0.385 e. The van der Waals surface area contributed by atoms with E-state index in [2.05, 4.69) is 41.9 Å². The molecule has 4 nitrogen and oxygen atoms in total. The van der Waals surface area contributed by atoms with Gasteiger partial charge in [0.25, 0.3) is 0 Å². The first-order valence-electron chi connectivity index (χ1n) is 8.49. The van der Waals surface area contributed by atoms with Crippen LogP contribution in [0.2, 0.25) is 0 Å². The zero-order valence-electron chi connectivity index (χ0n) is 14.4. The van der Waals surface area contributed by atoms with E-state index in [1.807, 2.05) is 17.8 Å². The van der Waals surface area contributed by atoms with E-state index in [-0.39, 0.29) is 5.92 Å². The van der Waals surface area contributed by atoms with Crippen molar-refractivity contribution in [1.82, 2.24) is 14.5 Å². The molecule has 124 valence electrons. The minimum atomic E-state index is -0.476. The molecule has 1 aliphatic rings. The molecule has 0 saturated carbocycles. The van der Waals surface area contributed by atoms with Gasteiger partial charge < -0.3 is 9.67 Å². The number of likely N-dealkylation sites (tertiary alicyclic amines) is 1. The van der Waals surface area contributed by atoms with E-state index in [1.54, 1.807) is 6.20 Å². The minimum absolute atomic E-state index is 0.259. The summed E-state index contributed by atoms with van der Waals surface area (Å²) >= 11 is 0. The Bertz CT molecular complexity index is 664. The molecular formula is C19H27N3O. The van der Waals surface area contributed by atoms with Gasteiger partial charge in [0.2, 0.25) is 0 Å². The van der Waals surface area contributed by atoms with Crippen LogP contribution in [0.5, 0.6) is 0 Å². The van der Waals surface area contributed by atoms with E-state index in [0.29, 0.717) is 0 Å². The summed E-state index contributed by atoms with van der Waals surface area (Å²) in [6.45, 7) is 7.38. The molecule has 0 aliphatic carbocycles. The Hall–Kier alpha value is -1.65. The average Bonchev–Trinajstić information content (AvgIpc) is 2.97. The van der Waals surface area contributed by atoms with E-state index in [0.717, 1.165) is 38.3 Å². The number of hydrogen-bond donors (Lipinski definition) is 1. The van der Waals surface area contributed by atoms with Gasteiger partial charge in [-0.2, -0.15) is 0 Å². The van der Waals surface area contributed by atoms with Crippen LogP contribution in [0.3, 0.4) is 0 Å². The summed E-state index contributed by atoms with van der Waals surface area (Å²) in [7, 11) is 1.95. The van der Waals surface area contributed by atoms with E-state index >= 15 is 0 Å². The molecule has 23 heavy (non-hydrogen) atoms. The van der Waals surface area contributed by atoms with Crippen LogP contribution in [0.1, 0.15) is 41.5 Å². The van der Waals surface area contributed by atoms with Gasteiger partial charge in [-0.15, -0.1) is 0 Å². The second kappa shape index (κ2) is 6.85. The number of hydrogen-bond acceptors (Lipinski definition) is 3. The number of aliphatic hydroxyl groups is 1. The third-order valence-electron chi connectivity index (χ3n) is 5.22. The first-order valence-corrected chi connectivity index (χ1v) is 8.49. The third kappa shape index (κ3) is 3.48. The van der Waals surface area contributed by atoms with Crippen LogP contribution in [0.4, 0.5) is 0 Å². The highest BCUT2D eigenvalue weighted by atomic mass is 16.3. The number of piperidine rings is 1. The van der Waals surface area contributed by atoms with Crippen molar-refractivity contribution < 1.29 is 5.11 Å². The second-order valence-electron chi connectivity index (χ2n) is 6.84. The predicted octanol–water partition coefficient (Wildman–Crippen LogP) is 2.98. The molecule has 1 aromatic heterocycles. The molecule has 1 saturated heterocycles. The van der Waals surface area contributed by atoms with Crippen molar-refractivity contribution in [2.75, 3.05) is 13.1 Å². The maximum atomic E-state index is 10.7. The van der Waals surface area contributed by atoms with Crippen LogP contribution < -0.4 is 0 Å². The Morgan fingerprint density at radius 1 is 1.35 bits per heavy atom. The number of aliphatic hydroxyl groups excluding tert-OH is 1. The fourth-order valence-corrected chi connectivity index (χ4v) is 3.59. The van der Waals surface area contributed by atoms with Gasteiger partial charge in [0.1, 0.15) is 11.9 Å². The lowest BCUT2D eigenvalue weighted by Gasteiger charge is -2.35.